The molecular formula is C16H20ClFN4O. The lowest BCUT2D eigenvalue weighted by Gasteiger charge is -2.17. The number of nitrogens with zero attached hydrogens (tertiary/aromatic N) is 2. The number of aromatic nitrogens is 2. The Morgan fingerprint density at radius 1 is 1.39 bits per heavy atom. The second-order valence-electron chi connectivity index (χ2n) is 5.66. The van der Waals surface area contributed by atoms with Gasteiger partial charge in [-0.2, -0.15) is 5.10 Å². The number of benzene rings is 1. The Morgan fingerprint density at radius 2 is 2.13 bits per heavy atom. The molecule has 23 heavy (non-hydrogen) atoms. The van der Waals surface area contributed by atoms with Gasteiger partial charge < -0.3 is 10.6 Å². The third-order valence-corrected chi connectivity index (χ3v) is 4.08. The van der Waals surface area contributed by atoms with Crippen molar-refractivity contribution in [2.24, 2.45) is 13.0 Å². The number of hydrogen-bond donors (Lipinski definition) is 2. The van der Waals surface area contributed by atoms with E-state index in [-0.39, 0.29) is 36.0 Å². The van der Waals surface area contributed by atoms with Gasteiger partial charge in [0, 0.05) is 38.8 Å². The molecular weight excluding hydrogens is 319 g/mol. The van der Waals surface area contributed by atoms with Gasteiger partial charge in [0.1, 0.15) is 5.82 Å². The lowest BCUT2D eigenvalue weighted by atomic mass is 9.90. The van der Waals surface area contributed by atoms with Gasteiger partial charge in [0.25, 0.3) is 0 Å². The third kappa shape index (κ3) is 4.09. The van der Waals surface area contributed by atoms with Gasteiger partial charge in [-0.05, 0) is 23.3 Å². The van der Waals surface area contributed by atoms with Crippen molar-refractivity contribution in [1.29, 1.82) is 0 Å². The van der Waals surface area contributed by atoms with Crippen LogP contribution in [0.25, 0.3) is 0 Å². The monoisotopic (exact) mass is 338 g/mol. The molecule has 0 radical (unpaired) electrons. The summed E-state index contributed by atoms with van der Waals surface area (Å²) in [6.07, 6.45) is 3.77. The molecule has 0 saturated carbocycles. The zero-order valence-electron chi connectivity index (χ0n) is 12.8. The molecule has 124 valence electrons. The third-order valence-electron chi connectivity index (χ3n) is 4.08. The lowest BCUT2D eigenvalue weighted by molar-refractivity contribution is -0.125. The van der Waals surface area contributed by atoms with Crippen LogP contribution in [0.3, 0.4) is 0 Å². The molecule has 1 aromatic carbocycles. The molecule has 2 N–H and O–H groups in total. The second kappa shape index (κ2) is 7.57. The minimum Gasteiger partial charge on any atom is -0.352 e. The maximum absolute atomic E-state index is 12.9. The molecule has 0 aliphatic carbocycles. The number of halogens is 2. The molecule has 3 rings (SSSR count). The molecule has 0 unspecified atom stereocenters. The van der Waals surface area contributed by atoms with E-state index in [9.17, 15) is 9.18 Å². The average Bonchev–Trinajstić information content (AvgIpc) is 3.14. The van der Waals surface area contributed by atoms with Crippen molar-refractivity contribution in [2.45, 2.75) is 12.5 Å². The highest BCUT2D eigenvalue weighted by molar-refractivity contribution is 5.85. The van der Waals surface area contributed by atoms with Gasteiger partial charge in [0.05, 0.1) is 12.1 Å². The Balaban J connectivity index is 0.00000192. The first-order chi connectivity index (χ1) is 10.6. The summed E-state index contributed by atoms with van der Waals surface area (Å²) in [7, 11) is 1.87. The van der Waals surface area contributed by atoms with Crippen molar-refractivity contribution in [3.8, 4) is 0 Å². The van der Waals surface area contributed by atoms with Crippen LogP contribution in [0.1, 0.15) is 17.0 Å². The molecule has 1 saturated heterocycles. The molecule has 1 aliphatic rings. The summed E-state index contributed by atoms with van der Waals surface area (Å²) in [5, 5.41) is 10.4. The standard InChI is InChI=1S/C16H19FN4O.ClH/c1-21-10-12(7-20-21)14-8-18-9-15(14)16(22)19-6-11-2-4-13(17)5-3-11;/h2-5,7,10,14-15,18H,6,8-9H2,1H3,(H,19,22);1H/t14-,15+;/m1./s1. The highest BCUT2D eigenvalue weighted by atomic mass is 35.5. The predicted molar refractivity (Wildman–Crippen MR) is 87.8 cm³/mol. The van der Waals surface area contributed by atoms with Crippen LogP contribution in [0, 0.1) is 11.7 Å². The van der Waals surface area contributed by atoms with Gasteiger partial charge in [0.15, 0.2) is 0 Å². The van der Waals surface area contributed by atoms with Crippen molar-refractivity contribution in [3.05, 3.63) is 53.6 Å². The molecule has 0 spiro atoms. The van der Waals surface area contributed by atoms with E-state index in [2.05, 4.69) is 15.7 Å². The smallest absolute Gasteiger partial charge is 0.225 e. The molecule has 2 atom stereocenters. The number of carbonyl (C=O) groups is 1. The van der Waals surface area contributed by atoms with Crippen molar-refractivity contribution >= 4 is 18.3 Å². The van der Waals surface area contributed by atoms with Crippen LogP contribution < -0.4 is 10.6 Å². The van der Waals surface area contributed by atoms with Crippen LogP contribution in [0.5, 0.6) is 0 Å². The Kier molecular flexibility index (Phi) is 5.74. The van der Waals surface area contributed by atoms with E-state index < -0.39 is 0 Å². The van der Waals surface area contributed by atoms with Gasteiger partial charge in [-0.25, -0.2) is 4.39 Å². The van der Waals surface area contributed by atoms with E-state index >= 15 is 0 Å². The highest BCUT2D eigenvalue weighted by Crippen LogP contribution is 2.27. The minimum atomic E-state index is -0.272. The Bertz CT molecular complexity index is 658. The van der Waals surface area contributed by atoms with E-state index in [1.807, 2.05) is 19.4 Å². The number of carbonyl (C=O) groups excluding carboxylic acids is 1. The molecule has 2 aromatic rings. The number of hydrogen-bond acceptors (Lipinski definition) is 3. The van der Waals surface area contributed by atoms with Crippen LogP contribution >= 0.6 is 12.4 Å². The van der Waals surface area contributed by atoms with Gasteiger partial charge in [-0.3, -0.25) is 9.48 Å². The number of rotatable bonds is 4. The highest BCUT2D eigenvalue weighted by Gasteiger charge is 2.34. The summed E-state index contributed by atoms with van der Waals surface area (Å²) in [6.45, 7) is 1.85. The fraction of sp³-hybridized carbons (Fsp3) is 0.375. The molecule has 7 heteroatoms. The summed E-state index contributed by atoms with van der Waals surface area (Å²) in [6, 6.07) is 6.16. The lowest BCUT2D eigenvalue weighted by Crippen LogP contribution is -2.33. The molecule has 0 bridgehead atoms. The summed E-state index contributed by atoms with van der Waals surface area (Å²) >= 11 is 0. The largest absolute Gasteiger partial charge is 0.352 e. The number of aryl methyl sites for hydroxylation is 1. The summed E-state index contributed by atoms with van der Waals surface area (Å²) < 4.78 is 14.6. The minimum absolute atomic E-state index is 0. The quantitative estimate of drug-likeness (QED) is 0.890. The first kappa shape index (κ1) is 17.4. The Hall–Kier alpha value is -1.92. The number of nitrogens with one attached hydrogen (secondary N) is 2. The maximum atomic E-state index is 12.9. The summed E-state index contributed by atoms with van der Waals surface area (Å²) in [5.74, 6) is -0.221. The molecule has 1 aliphatic heterocycles. The van der Waals surface area contributed by atoms with Crippen LogP contribution in [-0.2, 0) is 18.4 Å². The van der Waals surface area contributed by atoms with Crippen molar-refractivity contribution in [3.63, 3.8) is 0 Å². The number of amides is 1. The van der Waals surface area contributed by atoms with Gasteiger partial charge >= 0.3 is 0 Å². The zero-order valence-corrected chi connectivity index (χ0v) is 13.6. The average molecular weight is 339 g/mol. The van der Waals surface area contributed by atoms with Crippen LogP contribution in [0.2, 0.25) is 0 Å². The van der Waals surface area contributed by atoms with E-state index in [4.69, 9.17) is 0 Å². The Morgan fingerprint density at radius 3 is 2.78 bits per heavy atom. The van der Waals surface area contributed by atoms with Gasteiger partial charge in [-0.1, -0.05) is 12.1 Å². The van der Waals surface area contributed by atoms with Crippen molar-refractivity contribution < 1.29 is 9.18 Å². The van der Waals surface area contributed by atoms with E-state index in [1.54, 1.807) is 16.8 Å². The topological polar surface area (TPSA) is 59.0 Å². The van der Waals surface area contributed by atoms with E-state index in [0.717, 1.165) is 17.7 Å². The second-order valence-corrected chi connectivity index (χ2v) is 5.66. The fourth-order valence-corrected chi connectivity index (χ4v) is 2.86. The van der Waals surface area contributed by atoms with Gasteiger partial charge in [-0.15, -0.1) is 12.4 Å². The molecule has 5 nitrogen and oxygen atoms in total. The van der Waals surface area contributed by atoms with E-state index in [0.29, 0.717) is 13.1 Å². The first-order valence-corrected chi connectivity index (χ1v) is 7.35. The van der Waals surface area contributed by atoms with E-state index in [1.165, 1.54) is 12.1 Å². The molecule has 1 amide bonds. The molecule has 1 fully saturated rings. The summed E-state index contributed by atoms with van der Waals surface area (Å²) in [5.41, 5.74) is 1.97. The van der Waals surface area contributed by atoms with Crippen molar-refractivity contribution in [2.75, 3.05) is 13.1 Å². The first-order valence-electron chi connectivity index (χ1n) is 7.35. The van der Waals surface area contributed by atoms with Crippen LogP contribution in [-0.4, -0.2) is 28.8 Å². The van der Waals surface area contributed by atoms with Gasteiger partial charge in [0.2, 0.25) is 5.91 Å². The normalized spacial score (nSPS) is 20.1. The van der Waals surface area contributed by atoms with Crippen molar-refractivity contribution in [1.82, 2.24) is 20.4 Å². The molecule has 1 aromatic heterocycles. The summed E-state index contributed by atoms with van der Waals surface area (Å²) in [4.78, 5) is 12.4. The SMILES string of the molecule is Cl.Cn1cc([C@H]2CNC[C@@H]2C(=O)NCc2ccc(F)cc2)cn1. The zero-order chi connectivity index (χ0) is 15.5. The van der Waals surface area contributed by atoms with Crippen LogP contribution in [0.4, 0.5) is 4.39 Å². The Labute approximate surface area is 140 Å². The molecule has 2 heterocycles. The fourth-order valence-electron chi connectivity index (χ4n) is 2.86. The van der Waals surface area contributed by atoms with Crippen LogP contribution in [0.15, 0.2) is 36.7 Å². The predicted octanol–water partition coefficient (Wildman–Crippen LogP) is 1.60. The maximum Gasteiger partial charge on any atom is 0.225 e.